The Bertz CT molecular complexity index is 269. The van der Waals surface area contributed by atoms with Crippen LogP contribution in [0.25, 0.3) is 0 Å². The minimum atomic E-state index is -2.68. The largest absolute Gasteiger partial charge is 1.00 e. The highest BCUT2D eigenvalue weighted by molar-refractivity contribution is 6.58. The Morgan fingerprint density at radius 1 is 1.14 bits per heavy atom. The highest BCUT2D eigenvalue weighted by atomic mass is 35.5. The van der Waals surface area contributed by atoms with Crippen LogP contribution in [0.3, 0.4) is 0 Å². The molecule has 0 bridgehead atoms. The third-order valence-electron chi connectivity index (χ3n) is 1.86. The molecule has 0 saturated heterocycles. The van der Waals surface area contributed by atoms with E-state index in [9.17, 15) is 0 Å². The van der Waals surface area contributed by atoms with Crippen LogP contribution in [0.4, 0.5) is 0 Å². The van der Waals surface area contributed by atoms with E-state index in [-0.39, 0.29) is 12.4 Å². The summed E-state index contributed by atoms with van der Waals surface area (Å²) < 4.78 is 19.6. The molecule has 0 fully saturated rings. The number of rotatable bonds is 4. The molecule has 1 heterocycles. The quantitative estimate of drug-likeness (QED) is 0.404. The molecule has 7 heteroatoms. The Balaban J connectivity index is 0.00000169. The van der Waals surface area contributed by atoms with E-state index < -0.39 is 8.97 Å². The lowest BCUT2D eigenvalue weighted by molar-refractivity contribution is -0.670. The van der Waals surface area contributed by atoms with Crippen molar-refractivity contribution in [2.75, 3.05) is 21.3 Å². The van der Waals surface area contributed by atoms with Crippen molar-refractivity contribution in [2.24, 2.45) is 7.05 Å². The average Bonchev–Trinajstić information content (AvgIpc) is 2.57. The van der Waals surface area contributed by atoms with Gasteiger partial charge in [0.1, 0.15) is 12.4 Å². The fraction of sp³-hybridized carbons (Fsp3) is 0.571. The van der Waals surface area contributed by atoms with Gasteiger partial charge in [-0.25, -0.2) is 8.80 Å². The Hall–Kier alpha value is -0.403. The lowest BCUT2D eigenvalue weighted by atomic mass is 10.9. The highest BCUT2D eigenvalue weighted by Crippen LogP contribution is 2.07. The van der Waals surface area contributed by atoms with E-state index in [0.717, 1.165) is 0 Å². The second-order valence-electron chi connectivity index (χ2n) is 2.62. The van der Waals surface area contributed by atoms with Crippen molar-refractivity contribution in [3.63, 3.8) is 0 Å². The second-order valence-corrected chi connectivity index (χ2v) is 5.41. The number of halogens is 1. The van der Waals surface area contributed by atoms with Gasteiger partial charge in [-0.3, -0.25) is 0 Å². The van der Waals surface area contributed by atoms with E-state index in [1.54, 1.807) is 21.3 Å². The minimum absolute atomic E-state index is 0. The molecular weight excluding hydrogens is 224 g/mol. The summed E-state index contributed by atoms with van der Waals surface area (Å²) in [5.41, 5.74) is 0. The molecule has 0 unspecified atom stereocenters. The number of hydrogen-bond acceptors (Lipinski definition) is 3. The summed E-state index contributed by atoms with van der Waals surface area (Å²) in [5, 5.41) is 0. The molecule has 0 aliphatic rings. The molecule has 0 aliphatic heterocycles. The molecule has 1 aromatic heterocycles. The molecule has 0 saturated carbocycles. The highest BCUT2D eigenvalue weighted by Gasteiger charge is 2.50. The van der Waals surface area contributed by atoms with Gasteiger partial charge in [-0.1, -0.05) is 0 Å². The van der Waals surface area contributed by atoms with Crippen LogP contribution in [0, 0.1) is 0 Å². The van der Waals surface area contributed by atoms with Crippen LogP contribution >= 0.6 is 0 Å². The van der Waals surface area contributed by atoms with E-state index in [1.165, 1.54) is 0 Å². The predicted molar refractivity (Wildman–Crippen MR) is 47.8 cm³/mol. The van der Waals surface area contributed by atoms with Gasteiger partial charge in [-0.2, -0.15) is 0 Å². The Kier molecular flexibility index (Phi) is 5.31. The van der Waals surface area contributed by atoms with Crippen LogP contribution < -0.4 is 17.0 Å². The number of aryl methyl sites for hydroxylation is 1. The predicted octanol–water partition coefficient (Wildman–Crippen LogP) is -3.46. The fourth-order valence-electron chi connectivity index (χ4n) is 1.18. The first-order valence-electron chi connectivity index (χ1n) is 3.87. The lowest BCUT2D eigenvalue weighted by Crippen LogP contribution is -3.00. The number of nitrogens with zero attached hydrogens (tertiary/aromatic N) is 2. The number of aromatic nitrogens is 2. The number of imidazole rings is 1. The summed E-state index contributed by atoms with van der Waals surface area (Å²) in [5.74, 6) is 0. The molecule has 0 aromatic carbocycles. The molecule has 0 amide bonds. The van der Waals surface area contributed by atoms with Crippen molar-refractivity contribution in [3.8, 4) is 0 Å². The molecule has 0 radical (unpaired) electrons. The SMILES string of the molecule is CO[Si](OC)(OC)n1cc[n+](C)c1.[Cl-]. The Morgan fingerprint density at radius 3 is 1.93 bits per heavy atom. The van der Waals surface area contributed by atoms with Crippen molar-refractivity contribution in [1.29, 1.82) is 0 Å². The molecule has 14 heavy (non-hydrogen) atoms. The van der Waals surface area contributed by atoms with E-state index >= 15 is 0 Å². The molecule has 1 aromatic rings. The van der Waals surface area contributed by atoms with E-state index in [2.05, 4.69) is 0 Å². The first-order chi connectivity index (χ1) is 6.18. The zero-order valence-corrected chi connectivity index (χ0v) is 10.5. The van der Waals surface area contributed by atoms with Gasteiger partial charge in [0.2, 0.25) is 6.33 Å². The first kappa shape index (κ1) is 13.6. The maximum Gasteiger partial charge on any atom is 0.756 e. The van der Waals surface area contributed by atoms with Gasteiger partial charge >= 0.3 is 8.97 Å². The third kappa shape index (κ3) is 2.34. The zero-order chi connectivity index (χ0) is 9.90. The van der Waals surface area contributed by atoms with Crippen LogP contribution in [-0.2, 0) is 20.3 Å². The summed E-state index contributed by atoms with van der Waals surface area (Å²) in [4.78, 5) is 0. The lowest BCUT2D eigenvalue weighted by Gasteiger charge is -2.17. The maximum atomic E-state index is 5.28. The van der Waals surface area contributed by atoms with Crippen LogP contribution in [-0.4, -0.2) is 34.5 Å². The van der Waals surface area contributed by atoms with Gasteiger partial charge in [-0.05, 0) is 0 Å². The maximum absolute atomic E-state index is 5.28. The zero-order valence-electron chi connectivity index (χ0n) is 8.73. The van der Waals surface area contributed by atoms with Crippen LogP contribution in [0.2, 0.25) is 0 Å². The van der Waals surface area contributed by atoms with E-state index in [4.69, 9.17) is 13.3 Å². The van der Waals surface area contributed by atoms with Gasteiger partial charge in [0.25, 0.3) is 0 Å². The molecule has 82 valence electrons. The van der Waals surface area contributed by atoms with Crippen molar-refractivity contribution in [1.82, 2.24) is 4.23 Å². The van der Waals surface area contributed by atoms with Gasteiger partial charge in [0.05, 0.1) is 7.05 Å². The van der Waals surface area contributed by atoms with E-state index in [1.807, 2.05) is 34.6 Å². The topological polar surface area (TPSA) is 36.5 Å². The van der Waals surface area contributed by atoms with Gasteiger partial charge in [-0.15, -0.1) is 0 Å². The summed E-state index contributed by atoms with van der Waals surface area (Å²) in [6.07, 6.45) is 5.63. The van der Waals surface area contributed by atoms with E-state index in [0.29, 0.717) is 0 Å². The van der Waals surface area contributed by atoms with Crippen molar-refractivity contribution < 1.29 is 30.3 Å². The van der Waals surface area contributed by atoms with Crippen LogP contribution in [0.15, 0.2) is 18.7 Å². The molecule has 5 nitrogen and oxygen atoms in total. The summed E-state index contributed by atoms with van der Waals surface area (Å²) in [7, 11) is 4.00. The molecular formula is C7H15ClN2O3Si. The minimum Gasteiger partial charge on any atom is -1.00 e. The van der Waals surface area contributed by atoms with Gasteiger partial charge in [0, 0.05) is 21.3 Å². The van der Waals surface area contributed by atoms with Gasteiger partial charge < -0.3 is 25.7 Å². The Morgan fingerprint density at radius 2 is 1.64 bits per heavy atom. The average molecular weight is 239 g/mol. The Labute approximate surface area is 91.1 Å². The molecule has 0 N–H and O–H groups in total. The molecule has 0 aliphatic carbocycles. The van der Waals surface area contributed by atoms with Crippen molar-refractivity contribution in [3.05, 3.63) is 18.7 Å². The monoisotopic (exact) mass is 238 g/mol. The van der Waals surface area contributed by atoms with Crippen LogP contribution in [0.1, 0.15) is 0 Å². The molecule has 0 spiro atoms. The summed E-state index contributed by atoms with van der Waals surface area (Å²) >= 11 is 0. The van der Waals surface area contributed by atoms with Crippen LogP contribution in [0.5, 0.6) is 0 Å². The van der Waals surface area contributed by atoms with Crippen molar-refractivity contribution >= 4 is 8.97 Å². The smallest absolute Gasteiger partial charge is 0.756 e. The second kappa shape index (κ2) is 5.47. The third-order valence-corrected chi connectivity index (χ3v) is 4.30. The normalized spacial score (nSPS) is 11.1. The fourth-order valence-corrected chi connectivity index (χ4v) is 2.88. The summed E-state index contributed by atoms with van der Waals surface area (Å²) in [6.45, 7) is 0. The van der Waals surface area contributed by atoms with Gasteiger partial charge in [0.15, 0.2) is 0 Å². The molecule has 0 atom stereocenters. The first-order valence-corrected chi connectivity index (χ1v) is 5.55. The summed E-state index contributed by atoms with van der Waals surface area (Å²) in [6, 6.07) is 0. The van der Waals surface area contributed by atoms with Crippen molar-refractivity contribution in [2.45, 2.75) is 0 Å². The standard InChI is InChI=1S/C7H15N2O3Si.ClH/c1-8-5-6-9(7-8)13(10-2,11-3)12-4;/h5-7H,1-4H3;1H/q+1;/p-1. The molecule has 1 rings (SSSR count). The number of hydrogen-bond donors (Lipinski definition) is 0.